The summed E-state index contributed by atoms with van der Waals surface area (Å²) in [6.45, 7) is -0.743. The maximum Gasteiger partial charge on any atom is 0.490 e. The van der Waals surface area contributed by atoms with E-state index in [9.17, 15) is 33.1 Å². The molecule has 5 N–H and O–H groups in total. The third-order valence-corrected chi connectivity index (χ3v) is 8.87. The fraction of sp³-hybridized carbons (Fsp3) is 0.636. The van der Waals surface area contributed by atoms with Gasteiger partial charge in [-0.1, -0.05) is 21.6 Å². The zero-order valence-corrected chi connectivity index (χ0v) is 20.3. The highest BCUT2D eigenvalue weighted by Crippen LogP contribution is 2.66. The van der Waals surface area contributed by atoms with Gasteiger partial charge in [-0.2, -0.15) is 8.62 Å². The predicted octanol–water partition coefficient (Wildman–Crippen LogP) is 0.521. The smallest absolute Gasteiger partial charge is 0.364 e. The summed E-state index contributed by atoms with van der Waals surface area (Å²) in [7, 11) is -13.8. The van der Waals surface area contributed by atoms with E-state index in [1.807, 2.05) is 4.98 Å². The van der Waals surface area contributed by atoms with Gasteiger partial charge < -0.3 is 29.0 Å². The van der Waals surface area contributed by atoms with Gasteiger partial charge in [0.2, 0.25) is 0 Å². The molecular weight excluding hydrogens is 541 g/mol. The highest BCUT2D eigenvalue weighted by Gasteiger charge is 2.43. The van der Waals surface area contributed by atoms with Crippen LogP contribution in [-0.2, 0) is 36.3 Å². The number of aromatic amines is 1. The number of rotatable bonds is 12. The van der Waals surface area contributed by atoms with Crippen molar-refractivity contribution in [3.05, 3.63) is 33.1 Å². The van der Waals surface area contributed by atoms with Crippen LogP contribution in [0.4, 0.5) is 0 Å². The number of hydrogen-bond acceptors (Lipinski definition) is 12. The lowest BCUT2D eigenvalue weighted by atomic mass is 10.2. The molecule has 1 aromatic rings. The maximum atomic E-state index is 12.0. The number of ether oxygens (including phenoxy) is 2. The lowest BCUT2D eigenvalue weighted by Gasteiger charge is -2.21. The first-order valence-electron chi connectivity index (χ1n) is 8.24. The molecule has 0 saturated carbocycles. The summed E-state index contributed by atoms with van der Waals surface area (Å²) in [5.74, 6) is 0.175. The molecule has 0 radical (unpaired) electrons. The third kappa shape index (κ3) is 9.16. The molecule has 0 aromatic carbocycles. The molecule has 0 aliphatic carbocycles. The molecule has 2 heterocycles. The fourth-order valence-corrected chi connectivity index (χ4v) is 6.30. The van der Waals surface area contributed by atoms with Gasteiger partial charge in [0.15, 0.2) is 0 Å². The molecule has 4 unspecified atom stereocenters. The van der Waals surface area contributed by atoms with Crippen molar-refractivity contribution in [2.45, 2.75) is 24.9 Å². The van der Waals surface area contributed by atoms with E-state index in [1.54, 1.807) is 6.26 Å². The number of phosphoric acid groups is 3. The minimum Gasteiger partial charge on any atom is -0.364 e. The predicted molar refractivity (Wildman–Crippen MR) is 111 cm³/mol. The molecule has 0 spiro atoms. The van der Waals surface area contributed by atoms with E-state index in [0.717, 1.165) is 10.6 Å². The SMILES string of the molecule is CSSCO[C@H]1CC(n2ccc(=O)[nH]c2=O)OC1COP(=O)(O)OP(=O)(O)OP(=O)(O)O. The minimum absolute atomic E-state index is 0.0747. The van der Waals surface area contributed by atoms with Gasteiger partial charge >= 0.3 is 29.2 Å². The largest absolute Gasteiger partial charge is 0.490 e. The third-order valence-electron chi connectivity index (χ3n) is 3.61. The highest BCUT2D eigenvalue weighted by molar-refractivity contribution is 8.76. The Morgan fingerprint density at radius 3 is 2.47 bits per heavy atom. The Labute approximate surface area is 187 Å². The van der Waals surface area contributed by atoms with Crippen LogP contribution in [0.3, 0.4) is 0 Å². The topological polar surface area (TPSA) is 233 Å². The Kier molecular flexibility index (Phi) is 9.98. The minimum atomic E-state index is -5.66. The van der Waals surface area contributed by atoms with Gasteiger partial charge in [0.05, 0.1) is 12.7 Å². The standard InChI is InChI=1S/C11H19N2O14P3S2/c1-31-32-6-23-7-4-10(13-3-2-9(14)12-11(13)15)25-8(7)5-24-29(19,20)27-30(21,22)26-28(16,17)18/h2-3,7-8,10H,4-6H2,1H3,(H,19,20)(H,21,22)(H,12,14,15)(H2,16,17,18)/t7-,8?,10?/m0/s1. The van der Waals surface area contributed by atoms with E-state index in [2.05, 4.69) is 13.1 Å². The summed E-state index contributed by atoms with van der Waals surface area (Å²) in [5, 5.41) is 0. The first-order chi connectivity index (χ1) is 14.7. The van der Waals surface area contributed by atoms with Gasteiger partial charge in [-0.3, -0.25) is 18.9 Å². The first kappa shape index (κ1) is 28.0. The summed E-state index contributed by atoms with van der Waals surface area (Å²) in [5.41, 5.74) is -1.40. The van der Waals surface area contributed by atoms with Crippen LogP contribution in [0.15, 0.2) is 21.9 Å². The van der Waals surface area contributed by atoms with Gasteiger partial charge in [-0.15, -0.1) is 0 Å². The molecule has 1 aliphatic rings. The maximum absolute atomic E-state index is 12.0. The second kappa shape index (κ2) is 11.4. The van der Waals surface area contributed by atoms with Crippen LogP contribution in [0.1, 0.15) is 12.6 Å². The second-order valence-electron chi connectivity index (χ2n) is 5.88. The Hall–Kier alpha value is -0.290. The van der Waals surface area contributed by atoms with E-state index < -0.39 is 59.8 Å². The summed E-state index contributed by atoms with van der Waals surface area (Å²) in [6.07, 6.45) is 0.264. The Balaban J connectivity index is 2.09. The molecule has 1 aromatic heterocycles. The molecule has 1 aliphatic heterocycles. The van der Waals surface area contributed by atoms with Crippen LogP contribution in [0.5, 0.6) is 0 Å². The van der Waals surface area contributed by atoms with Crippen molar-refractivity contribution in [3.8, 4) is 0 Å². The van der Waals surface area contributed by atoms with Crippen LogP contribution in [0.2, 0.25) is 0 Å². The van der Waals surface area contributed by atoms with Crippen molar-refractivity contribution in [2.24, 2.45) is 0 Å². The number of aromatic nitrogens is 2. The monoisotopic (exact) mass is 560 g/mol. The molecule has 16 nitrogen and oxygen atoms in total. The van der Waals surface area contributed by atoms with Crippen molar-refractivity contribution < 1.29 is 55.9 Å². The molecule has 2 rings (SSSR count). The zero-order chi connectivity index (χ0) is 24.2. The number of nitrogens with one attached hydrogen (secondary N) is 1. The van der Waals surface area contributed by atoms with Gasteiger partial charge in [-0.25, -0.2) is 18.5 Å². The van der Waals surface area contributed by atoms with E-state index in [-0.39, 0.29) is 12.4 Å². The fourth-order valence-electron chi connectivity index (χ4n) is 2.48. The number of hydrogen-bond donors (Lipinski definition) is 5. The van der Waals surface area contributed by atoms with Gasteiger partial charge in [0.1, 0.15) is 18.3 Å². The van der Waals surface area contributed by atoms with E-state index in [4.69, 9.17) is 19.3 Å². The number of nitrogens with zero attached hydrogens (tertiary/aromatic N) is 1. The van der Waals surface area contributed by atoms with E-state index >= 15 is 0 Å². The molecule has 1 fully saturated rings. The van der Waals surface area contributed by atoms with Crippen molar-refractivity contribution >= 4 is 45.1 Å². The summed E-state index contributed by atoms with van der Waals surface area (Å²) < 4.78 is 58.2. The second-order valence-corrected chi connectivity index (χ2v) is 12.8. The zero-order valence-electron chi connectivity index (χ0n) is 16.0. The lowest BCUT2D eigenvalue weighted by Crippen LogP contribution is -2.31. The van der Waals surface area contributed by atoms with Crippen molar-refractivity contribution in [3.63, 3.8) is 0 Å². The highest BCUT2D eigenvalue weighted by atomic mass is 33.1. The van der Waals surface area contributed by atoms with Gasteiger partial charge in [-0.05, 0) is 6.26 Å². The van der Waals surface area contributed by atoms with Crippen molar-refractivity contribution in [1.29, 1.82) is 0 Å². The van der Waals surface area contributed by atoms with Gasteiger partial charge in [0.25, 0.3) is 5.56 Å². The Bertz CT molecular complexity index is 1040. The van der Waals surface area contributed by atoms with Crippen LogP contribution in [0, 0.1) is 0 Å². The van der Waals surface area contributed by atoms with Crippen LogP contribution >= 0.6 is 45.1 Å². The van der Waals surface area contributed by atoms with Crippen molar-refractivity contribution in [1.82, 2.24) is 9.55 Å². The molecule has 1 saturated heterocycles. The summed E-state index contributed by atoms with van der Waals surface area (Å²) >= 11 is 0. The quantitative estimate of drug-likeness (QED) is 0.101. The summed E-state index contributed by atoms with van der Waals surface area (Å²) in [4.78, 5) is 61.2. The van der Waals surface area contributed by atoms with Crippen LogP contribution in [-0.4, -0.2) is 60.1 Å². The number of H-pyrrole nitrogens is 1. The average molecular weight is 560 g/mol. The lowest BCUT2D eigenvalue weighted by molar-refractivity contribution is -0.0543. The first-order valence-corrected chi connectivity index (χ1v) is 15.5. The Morgan fingerprint density at radius 2 is 1.88 bits per heavy atom. The van der Waals surface area contributed by atoms with E-state index in [1.165, 1.54) is 27.8 Å². The van der Waals surface area contributed by atoms with Crippen molar-refractivity contribution in [2.75, 3.05) is 18.8 Å². The normalized spacial score (nSPS) is 25.3. The van der Waals surface area contributed by atoms with Gasteiger partial charge in [0, 0.05) is 18.7 Å². The molecule has 0 bridgehead atoms. The average Bonchev–Trinajstić information content (AvgIpc) is 3.00. The van der Waals surface area contributed by atoms with Crippen LogP contribution in [0.25, 0.3) is 0 Å². The molecule has 21 heteroatoms. The number of phosphoric ester groups is 1. The molecule has 0 amide bonds. The van der Waals surface area contributed by atoms with Crippen LogP contribution < -0.4 is 11.2 Å². The van der Waals surface area contributed by atoms with E-state index in [0.29, 0.717) is 0 Å². The molecule has 32 heavy (non-hydrogen) atoms. The summed E-state index contributed by atoms with van der Waals surface area (Å²) in [6, 6.07) is 1.09. The Morgan fingerprint density at radius 1 is 1.19 bits per heavy atom. The molecule has 5 atom stereocenters. The molecular formula is C11H19N2O14P3S2. The molecule has 184 valence electrons.